The zero-order chi connectivity index (χ0) is 15.5. The molecule has 0 radical (unpaired) electrons. The van der Waals surface area contributed by atoms with Gasteiger partial charge in [0.05, 0.1) is 24.6 Å². The number of hydrogen-bond acceptors (Lipinski definition) is 6. The smallest absolute Gasteiger partial charge is 0.317 e. The molecule has 0 spiro atoms. The summed E-state index contributed by atoms with van der Waals surface area (Å²) in [7, 11) is 0. The van der Waals surface area contributed by atoms with Gasteiger partial charge in [0.15, 0.2) is 5.13 Å². The molecule has 2 aromatic heterocycles. The minimum atomic E-state index is -0.750. The van der Waals surface area contributed by atoms with Crippen LogP contribution in [-0.2, 0) is 14.9 Å². The number of anilines is 1. The Kier molecular flexibility index (Phi) is 4.67. The summed E-state index contributed by atoms with van der Waals surface area (Å²) in [6.45, 7) is 7.80. The first-order valence-electron chi connectivity index (χ1n) is 6.88. The van der Waals surface area contributed by atoms with Gasteiger partial charge in [-0.05, 0) is 39.8 Å². The second kappa shape index (κ2) is 6.30. The summed E-state index contributed by atoms with van der Waals surface area (Å²) < 4.78 is 10.5. The van der Waals surface area contributed by atoms with Crippen LogP contribution in [0.1, 0.15) is 45.2 Å². The Morgan fingerprint density at radius 3 is 2.95 bits per heavy atom. The van der Waals surface area contributed by atoms with Gasteiger partial charge in [0.25, 0.3) is 0 Å². The third-order valence-corrected chi connectivity index (χ3v) is 4.01. The molecule has 0 saturated heterocycles. The lowest BCUT2D eigenvalue weighted by Gasteiger charge is -2.19. The number of carbonyl (C=O) groups excluding carboxylic acids is 1. The van der Waals surface area contributed by atoms with E-state index in [9.17, 15) is 4.79 Å². The molecule has 0 fully saturated rings. The molecule has 0 aromatic carbocycles. The van der Waals surface area contributed by atoms with Crippen molar-refractivity contribution in [3.63, 3.8) is 0 Å². The number of rotatable bonds is 6. The van der Waals surface area contributed by atoms with Crippen LogP contribution in [0.5, 0.6) is 0 Å². The average molecular weight is 308 g/mol. The van der Waals surface area contributed by atoms with Crippen LogP contribution < -0.4 is 5.32 Å². The van der Waals surface area contributed by atoms with Crippen LogP contribution in [0, 0.1) is 0 Å². The first-order valence-corrected chi connectivity index (χ1v) is 7.76. The molecular weight excluding hydrogens is 288 g/mol. The van der Waals surface area contributed by atoms with Crippen LogP contribution in [-0.4, -0.2) is 17.6 Å². The average Bonchev–Trinajstić information content (AvgIpc) is 3.10. The highest BCUT2D eigenvalue weighted by Gasteiger charge is 2.34. The van der Waals surface area contributed by atoms with E-state index in [1.807, 2.05) is 38.3 Å². The van der Waals surface area contributed by atoms with Gasteiger partial charge in [0.2, 0.25) is 0 Å². The summed E-state index contributed by atoms with van der Waals surface area (Å²) >= 11 is 1.47. The maximum Gasteiger partial charge on any atom is 0.317 e. The Labute approximate surface area is 128 Å². The van der Waals surface area contributed by atoms with E-state index in [0.29, 0.717) is 12.3 Å². The van der Waals surface area contributed by atoms with Crippen LogP contribution in [0.25, 0.3) is 0 Å². The molecule has 114 valence electrons. The molecule has 0 amide bonds. The van der Waals surface area contributed by atoms with Crippen molar-refractivity contribution in [2.24, 2.45) is 0 Å². The van der Waals surface area contributed by atoms with E-state index in [0.717, 1.165) is 10.9 Å². The number of esters is 1. The summed E-state index contributed by atoms with van der Waals surface area (Å²) in [6, 6.07) is 3.78. The normalized spacial score (nSPS) is 13.0. The van der Waals surface area contributed by atoms with Crippen molar-refractivity contribution in [3.05, 3.63) is 35.2 Å². The fourth-order valence-corrected chi connectivity index (χ4v) is 2.80. The van der Waals surface area contributed by atoms with E-state index in [-0.39, 0.29) is 12.0 Å². The highest BCUT2D eigenvalue weighted by atomic mass is 32.1. The Balaban J connectivity index is 2.09. The number of furan rings is 1. The monoisotopic (exact) mass is 308 g/mol. The van der Waals surface area contributed by atoms with Gasteiger partial charge in [-0.3, -0.25) is 4.79 Å². The number of hydrogen-bond donors (Lipinski definition) is 1. The van der Waals surface area contributed by atoms with Crippen LogP contribution >= 0.6 is 11.3 Å². The number of thiazole rings is 1. The molecule has 21 heavy (non-hydrogen) atoms. The van der Waals surface area contributed by atoms with Gasteiger partial charge in [0, 0.05) is 5.38 Å². The third-order valence-electron chi connectivity index (χ3n) is 3.24. The highest BCUT2D eigenvalue weighted by molar-refractivity contribution is 7.13. The van der Waals surface area contributed by atoms with Crippen molar-refractivity contribution >= 4 is 22.4 Å². The van der Waals surface area contributed by atoms with E-state index < -0.39 is 5.41 Å². The molecule has 0 aliphatic rings. The van der Waals surface area contributed by atoms with Crippen molar-refractivity contribution in [3.8, 4) is 0 Å². The van der Waals surface area contributed by atoms with Gasteiger partial charge in [0.1, 0.15) is 11.2 Å². The first kappa shape index (κ1) is 15.6. The number of ether oxygens (including phenoxy) is 1. The highest BCUT2D eigenvalue weighted by Crippen LogP contribution is 2.30. The van der Waals surface area contributed by atoms with Gasteiger partial charge in [-0.1, -0.05) is 0 Å². The lowest BCUT2D eigenvalue weighted by molar-refractivity contribution is -0.148. The maximum atomic E-state index is 12.0. The molecule has 0 bridgehead atoms. The number of carbonyl (C=O) groups is 1. The Morgan fingerprint density at radius 1 is 1.57 bits per heavy atom. The van der Waals surface area contributed by atoms with E-state index in [1.54, 1.807) is 13.2 Å². The third kappa shape index (κ3) is 3.44. The first-order chi connectivity index (χ1) is 9.95. The van der Waals surface area contributed by atoms with Crippen LogP contribution in [0.15, 0.2) is 28.2 Å². The summed E-state index contributed by atoms with van der Waals surface area (Å²) in [5.74, 6) is 0.581. The topological polar surface area (TPSA) is 64.4 Å². The fraction of sp³-hybridized carbons (Fsp3) is 0.467. The molecule has 0 saturated carbocycles. The van der Waals surface area contributed by atoms with Crippen molar-refractivity contribution < 1.29 is 13.9 Å². The molecule has 2 rings (SSSR count). The van der Waals surface area contributed by atoms with Crippen LogP contribution in [0.4, 0.5) is 5.13 Å². The van der Waals surface area contributed by atoms with Crippen LogP contribution in [0.3, 0.4) is 0 Å². The van der Waals surface area contributed by atoms with Gasteiger partial charge in [-0.15, -0.1) is 11.3 Å². The van der Waals surface area contributed by atoms with E-state index in [2.05, 4.69) is 10.3 Å². The van der Waals surface area contributed by atoms with Gasteiger partial charge in [-0.2, -0.15) is 0 Å². The van der Waals surface area contributed by atoms with Crippen molar-refractivity contribution in [2.75, 3.05) is 11.9 Å². The van der Waals surface area contributed by atoms with Gasteiger partial charge < -0.3 is 14.5 Å². The quantitative estimate of drug-likeness (QED) is 0.823. The van der Waals surface area contributed by atoms with E-state index in [4.69, 9.17) is 9.15 Å². The standard InChI is InChI=1S/C15H20N2O3S/c1-5-19-13(18)15(3,4)12-9-21-14(17-12)16-10(2)11-7-6-8-20-11/h6-10H,5H2,1-4H3,(H,16,17). The molecule has 5 nitrogen and oxygen atoms in total. The number of nitrogens with zero attached hydrogens (tertiary/aromatic N) is 1. The number of aromatic nitrogens is 1. The summed E-state index contributed by atoms with van der Waals surface area (Å²) in [5, 5.41) is 5.91. The SMILES string of the molecule is CCOC(=O)C(C)(C)c1csc(NC(C)c2ccco2)n1. The van der Waals surface area contributed by atoms with Crippen LogP contribution in [0.2, 0.25) is 0 Å². The summed E-state index contributed by atoms with van der Waals surface area (Å²) in [6.07, 6.45) is 1.64. The van der Waals surface area contributed by atoms with E-state index in [1.165, 1.54) is 11.3 Å². The van der Waals surface area contributed by atoms with Crippen molar-refractivity contribution in [1.82, 2.24) is 4.98 Å². The zero-order valence-electron chi connectivity index (χ0n) is 12.7. The predicted octanol–water partition coefficient (Wildman–Crippen LogP) is 3.75. The maximum absolute atomic E-state index is 12.0. The molecule has 2 aromatic rings. The summed E-state index contributed by atoms with van der Waals surface area (Å²) in [4.78, 5) is 16.5. The predicted molar refractivity (Wildman–Crippen MR) is 82.5 cm³/mol. The minimum Gasteiger partial charge on any atom is -0.467 e. The zero-order valence-corrected chi connectivity index (χ0v) is 13.5. The van der Waals surface area contributed by atoms with Gasteiger partial charge >= 0.3 is 5.97 Å². The van der Waals surface area contributed by atoms with Crippen molar-refractivity contribution in [2.45, 2.75) is 39.2 Å². The second-order valence-electron chi connectivity index (χ2n) is 5.26. The molecule has 0 aliphatic heterocycles. The fourth-order valence-electron chi connectivity index (χ4n) is 1.84. The molecular formula is C15H20N2O3S. The minimum absolute atomic E-state index is 0.0182. The van der Waals surface area contributed by atoms with Crippen molar-refractivity contribution in [1.29, 1.82) is 0 Å². The Bertz CT molecular complexity index is 590. The molecule has 2 heterocycles. The molecule has 1 N–H and O–H groups in total. The lowest BCUT2D eigenvalue weighted by Crippen LogP contribution is -2.31. The number of nitrogens with one attached hydrogen (secondary N) is 1. The largest absolute Gasteiger partial charge is 0.467 e. The molecule has 1 unspecified atom stereocenters. The second-order valence-corrected chi connectivity index (χ2v) is 6.12. The summed E-state index contributed by atoms with van der Waals surface area (Å²) in [5.41, 5.74) is -0.0412. The van der Waals surface area contributed by atoms with Gasteiger partial charge in [-0.25, -0.2) is 4.98 Å². The lowest BCUT2D eigenvalue weighted by atomic mass is 9.90. The molecule has 1 atom stereocenters. The Hall–Kier alpha value is -1.82. The van der Waals surface area contributed by atoms with E-state index >= 15 is 0 Å². The molecule has 0 aliphatic carbocycles. The Morgan fingerprint density at radius 2 is 2.33 bits per heavy atom. The molecule has 6 heteroatoms.